The minimum absolute atomic E-state index is 0.00146. The van der Waals surface area contributed by atoms with E-state index in [9.17, 15) is 26.4 Å². The number of hydrogen-bond donors (Lipinski definition) is 0. The number of amides is 1. The van der Waals surface area contributed by atoms with Crippen molar-refractivity contribution in [2.24, 2.45) is 4.99 Å². The van der Waals surface area contributed by atoms with Crippen molar-refractivity contribution in [3.8, 4) is 5.75 Å². The molecule has 0 saturated carbocycles. The third kappa shape index (κ3) is 4.99. The molecule has 0 unspecified atom stereocenters. The van der Waals surface area contributed by atoms with E-state index in [2.05, 4.69) is 4.99 Å². The molecule has 0 N–H and O–H groups in total. The first-order chi connectivity index (χ1) is 15.5. The van der Waals surface area contributed by atoms with Gasteiger partial charge in [-0.2, -0.15) is 18.2 Å². The fourth-order valence-electron chi connectivity index (χ4n) is 3.88. The summed E-state index contributed by atoms with van der Waals surface area (Å²) >= 11 is 7.30. The number of rotatable bonds is 4. The van der Waals surface area contributed by atoms with E-state index in [0.29, 0.717) is 11.3 Å². The Balaban J connectivity index is 1.73. The largest absolute Gasteiger partial charge is 0.496 e. The van der Waals surface area contributed by atoms with Gasteiger partial charge in [-0.3, -0.25) is 4.79 Å². The molecule has 0 spiro atoms. The van der Waals surface area contributed by atoms with Crippen LogP contribution >= 0.6 is 23.4 Å². The summed E-state index contributed by atoms with van der Waals surface area (Å²) in [6.45, 7) is 0. The first kappa shape index (κ1) is 23.9. The van der Waals surface area contributed by atoms with Crippen LogP contribution in [0.3, 0.4) is 0 Å². The second-order valence-electron chi connectivity index (χ2n) is 7.61. The fourth-order valence-corrected chi connectivity index (χ4v) is 8.01. The van der Waals surface area contributed by atoms with Crippen LogP contribution in [0.5, 0.6) is 5.75 Å². The highest BCUT2D eigenvalue weighted by Gasteiger charge is 2.50. The average Bonchev–Trinajstić information content (AvgIpc) is 3.18. The van der Waals surface area contributed by atoms with E-state index in [1.165, 1.54) is 12.0 Å². The van der Waals surface area contributed by atoms with Crippen molar-refractivity contribution in [2.45, 2.75) is 23.9 Å². The molecule has 33 heavy (non-hydrogen) atoms. The average molecular weight is 519 g/mol. The highest BCUT2D eigenvalue weighted by molar-refractivity contribution is 8.16. The SMILES string of the molecule is COc1ccccc1CC(=O)N=C1S[C@@H]2CS(=O)(=O)C[C@H]2N1c1cc(C(F)(F)F)ccc1Cl. The van der Waals surface area contributed by atoms with Gasteiger partial charge in [-0.1, -0.05) is 41.6 Å². The van der Waals surface area contributed by atoms with Crippen LogP contribution in [0.1, 0.15) is 11.1 Å². The quantitative estimate of drug-likeness (QED) is 0.603. The zero-order valence-electron chi connectivity index (χ0n) is 17.2. The summed E-state index contributed by atoms with van der Waals surface area (Å²) in [4.78, 5) is 18.3. The van der Waals surface area contributed by atoms with Gasteiger partial charge in [-0.25, -0.2) is 8.42 Å². The minimum atomic E-state index is -4.62. The second-order valence-corrected chi connectivity index (χ2v) is 11.4. The topological polar surface area (TPSA) is 76.0 Å². The third-order valence-corrected chi connectivity index (χ3v) is 8.88. The monoisotopic (exact) mass is 518 g/mol. The number of anilines is 1. The molecule has 1 amide bonds. The molecule has 2 fully saturated rings. The lowest BCUT2D eigenvalue weighted by Gasteiger charge is -2.26. The number of halogens is 4. The Morgan fingerprint density at radius 1 is 1.24 bits per heavy atom. The van der Waals surface area contributed by atoms with Crippen molar-refractivity contribution in [1.29, 1.82) is 0 Å². The predicted octanol–water partition coefficient (Wildman–Crippen LogP) is 4.21. The number of carbonyl (C=O) groups excluding carboxylic acids is 1. The van der Waals surface area contributed by atoms with Gasteiger partial charge in [0.25, 0.3) is 5.91 Å². The summed E-state index contributed by atoms with van der Waals surface area (Å²) in [5.41, 5.74) is -0.368. The molecule has 12 heteroatoms. The van der Waals surface area contributed by atoms with Crippen molar-refractivity contribution >= 4 is 50.0 Å². The molecule has 2 aromatic rings. The van der Waals surface area contributed by atoms with Gasteiger partial charge in [0.05, 0.1) is 47.4 Å². The van der Waals surface area contributed by atoms with Gasteiger partial charge in [0.2, 0.25) is 0 Å². The Labute approximate surface area is 197 Å². The van der Waals surface area contributed by atoms with Gasteiger partial charge >= 0.3 is 6.18 Å². The van der Waals surface area contributed by atoms with E-state index in [-0.39, 0.29) is 33.8 Å². The van der Waals surface area contributed by atoms with Gasteiger partial charge in [0.15, 0.2) is 15.0 Å². The number of para-hydroxylation sites is 1. The summed E-state index contributed by atoms with van der Waals surface area (Å²) in [6.07, 6.45) is -4.71. The lowest BCUT2D eigenvalue weighted by molar-refractivity contribution is -0.137. The molecule has 6 nitrogen and oxygen atoms in total. The van der Waals surface area contributed by atoms with Crippen LogP contribution < -0.4 is 9.64 Å². The number of sulfone groups is 1. The Hall–Kier alpha value is -2.24. The van der Waals surface area contributed by atoms with Crippen molar-refractivity contribution in [2.75, 3.05) is 23.5 Å². The van der Waals surface area contributed by atoms with Crippen LogP contribution in [-0.4, -0.2) is 49.4 Å². The van der Waals surface area contributed by atoms with E-state index < -0.39 is 38.8 Å². The molecule has 2 aliphatic heterocycles. The fraction of sp³-hybridized carbons (Fsp3) is 0.333. The molecule has 0 aromatic heterocycles. The Bertz CT molecular complexity index is 1230. The number of fused-ring (bicyclic) bond motifs is 1. The molecule has 4 rings (SSSR count). The van der Waals surface area contributed by atoms with Crippen LogP contribution in [-0.2, 0) is 27.2 Å². The Morgan fingerprint density at radius 2 is 1.97 bits per heavy atom. The van der Waals surface area contributed by atoms with Crippen LogP contribution in [0, 0.1) is 0 Å². The summed E-state index contributed by atoms with van der Waals surface area (Å²) in [5.74, 6) is -0.463. The maximum absolute atomic E-state index is 13.3. The molecule has 2 saturated heterocycles. The van der Waals surface area contributed by atoms with E-state index in [1.807, 2.05) is 0 Å². The number of methoxy groups -OCH3 is 1. The van der Waals surface area contributed by atoms with Gasteiger partial charge in [-0.15, -0.1) is 0 Å². The predicted molar refractivity (Wildman–Crippen MR) is 122 cm³/mol. The van der Waals surface area contributed by atoms with E-state index in [4.69, 9.17) is 16.3 Å². The van der Waals surface area contributed by atoms with Crippen LogP contribution in [0.25, 0.3) is 0 Å². The van der Waals surface area contributed by atoms with Crippen molar-refractivity contribution in [3.05, 3.63) is 58.6 Å². The number of nitrogens with zero attached hydrogens (tertiary/aromatic N) is 2. The van der Waals surface area contributed by atoms with Gasteiger partial charge in [0, 0.05) is 10.8 Å². The summed E-state index contributed by atoms with van der Waals surface area (Å²) in [7, 11) is -1.92. The second kappa shape index (κ2) is 8.84. The molecular formula is C21H18ClF3N2O4S2. The summed E-state index contributed by atoms with van der Waals surface area (Å²) < 4.78 is 69.7. The Morgan fingerprint density at radius 3 is 2.67 bits per heavy atom. The van der Waals surface area contributed by atoms with Crippen LogP contribution in [0.2, 0.25) is 5.02 Å². The molecule has 2 atom stereocenters. The number of hydrogen-bond acceptors (Lipinski definition) is 5. The number of thioether (sulfide) groups is 1. The number of aliphatic imine (C=N–C) groups is 1. The summed E-state index contributed by atoms with van der Waals surface area (Å²) in [6, 6.07) is 9.04. The van der Waals surface area contributed by atoms with Gasteiger partial charge in [-0.05, 0) is 24.3 Å². The van der Waals surface area contributed by atoms with Crippen LogP contribution in [0.4, 0.5) is 18.9 Å². The van der Waals surface area contributed by atoms with E-state index in [0.717, 1.165) is 30.0 Å². The zero-order valence-corrected chi connectivity index (χ0v) is 19.6. The van der Waals surface area contributed by atoms with Crippen molar-refractivity contribution in [3.63, 3.8) is 0 Å². The van der Waals surface area contributed by atoms with E-state index >= 15 is 0 Å². The highest BCUT2D eigenvalue weighted by Crippen LogP contribution is 2.44. The minimum Gasteiger partial charge on any atom is -0.496 e. The smallest absolute Gasteiger partial charge is 0.416 e. The number of alkyl halides is 3. The maximum Gasteiger partial charge on any atom is 0.416 e. The molecule has 176 valence electrons. The first-order valence-electron chi connectivity index (χ1n) is 9.75. The molecule has 0 radical (unpaired) electrons. The number of amidine groups is 1. The lowest BCUT2D eigenvalue weighted by atomic mass is 10.1. The maximum atomic E-state index is 13.3. The Kier molecular flexibility index (Phi) is 6.41. The molecule has 2 aliphatic rings. The molecular weight excluding hydrogens is 501 g/mol. The van der Waals surface area contributed by atoms with E-state index in [1.54, 1.807) is 24.3 Å². The highest BCUT2D eigenvalue weighted by atomic mass is 35.5. The number of ether oxygens (including phenoxy) is 1. The number of benzene rings is 2. The molecule has 0 aliphatic carbocycles. The number of carbonyl (C=O) groups is 1. The van der Waals surface area contributed by atoms with Gasteiger partial charge < -0.3 is 9.64 Å². The summed E-state index contributed by atoms with van der Waals surface area (Å²) in [5, 5.41) is -0.349. The van der Waals surface area contributed by atoms with Gasteiger partial charge in [0.1, 0.15) is 5.75 Å². The first-order valence-corrected chi connectivity index (χ1v) is 12.8. The zero-order chi connectivity index (χ0) is 24.0. The normalized spacial score (nSPS) is 23.1. The van der Waals surface area contributed by atoms with Crippen LogP contribution in [0.15, 0.2) is 47.5 Å². The third-order valence-electron chi connectivity index (χ3n) is 5.35. The lowest BCUT2D eigenvalue weighted by Crippen LogP contribution is -2.38. The standard InChI is InChI=1S/C21H18ClF3N2O4S2/c1-31-17-5-3-2-4-12(17)8-19(28)26-20-27(16-10-33(29,30)11-18(16)32-20)15-9-13(21(23,24)25)6-7-14(15)22/h2-7,9,16,18H,8,10-11H2,1H3/t16-,18-/m1/s1. The molecule has 0 bridgehead atoms. The van der Waals surface area contributed by atoms with Crippen molar-refractivity contribution in [1.82, 2.24) is 0 Å². The molecule has 2 heterocycles. The molecule has 2 aromatic carbocycles. The van der Waals surface area contributed by atoms with Crippen molar-refractivity contribution < 1.29 is 31.1 Å².